The monoisotopic (exact) mass is 146 g/mol. The Kier molecular flexibility index (Phi) is 2.05. The van der Waals surface area contributed by atoms with Crippen LogP contribution < -0.4 is 0 Å². The summed E-state index contributed by atoms with van der Waals surface area (Å²) in [5.74, 6) is 0. The normalized spacial score (nSPS) is 47.6. The van der Waals surface area contributed by atoms with E-state index in [4.69, 9.17) is 20.4 Å². The molecular formula is C6H10O4. The van der Waals surface area contributed by atoms with Crippen molar-refractivity contribution in [3.05, 3.63) is 12.2 Å². The molecule has 4 nitrogen and oxygen atoms in total. The van der Waals surface area contributed by atoms with Gasteiger partial charge >= 0.3 is 0 Å². The second-order valence-electron chi connectivity index (χ2n) is 2.35. The van der Waals surface area contributed by atoms with Crippen molar-refractivity contribution in [1.29, 1.82) is 0 Å². The van der Waals surface area contributed by atoms with Gasteiger partial charge in [0, 0.05) is 0 Å². The summed E-state index contributed by atoms with van der Waals surface area (Å²) < 4.78 is 0. The van der Waals surface area contributed by atoms with Crippen LogP contribution >= 0.6 is 0 Å². The third-order valence-corrected chi connectivity index (χ3v) is 1.56. The second kappa shape index (κ2) is 2.67. The van der Waals surface area contributed by atoms with Gasteiger partial charge in [0.1, 0.15) is 24.4 Å². The SMILES string of the molecule is OC1C=CC(O)[C@@H](O)C1O. The van der Waals surface area contributed by atoms with Crippen LogP contribution in [0.3, 0.4) is 0 Å². The van der Waals surface area contributed by atoms with Gasteiger partial charge < -0.3 is 20.4 Å². The third-order valence-electron chi connectivity index (χ3n) is 1.56. The van der Waals surface area contributed by atoms with Crippen LogP contribution in [0.2, 0.25) is 0 Å². The molecule has 1 aliphatic rings. The lowest BCUT2D eigenvalue weighted by Gasteiger charge is -2.27. The molecule has 0 bridgehead atoms. The Bertz CT molecular complexity index is 129. The van der Waals surface area contributed by atoms with Crippen LogP contribution in [0.15, 0.2) is 12.2 Å². The van der Waals surface area contributed by atoms with Crippen LogP contribution in [0.5, 0.6) is 0 Å². The van der Waals surface area contributed by atoms with E-state index in [0.717, 1.165) is 0 Å². The van der Waals surface area contributed by atoms with Gasteiger partial charge in [-0.15, -0.1) is 0 Å². The molecule has 58 valence electrons. The summed E-state index contributed by atoms with van der Waals surface area (Å²) in [6, 6.07) is 0. The van der Waals surface area contributed by atoms with E-state index >= 15 is 0 Å². The van der Waals surface area contributed by atoms with Gasteiger partial charge in [0.2, 0.25) is 0 Å². The molecule has 10 heavy (non-hydrogen) atoms. The summed E-state index contributed by atoms with van der Waals surface area (Å²) in [4.78, 5) is 0. The Hall–Kier alpha value is -0.420. The number of rotatable bonds is 0. The minimum atomic E-state index is -1.28. The minimum Gasteiger partial charge on any atom is -0.387 e. The van der Waals surface area contributed by atoms with Gasteiger partial charge in [0.25, 0.3) is 0 Å². The van der Waals surface area contributed by atoms with E-state index in [0.29, 0.717) is 0 Å². The summed E-state index contributed by atoms with van der Waals surface area (Å²) in [5, 5.41) is 35.5. The molecule has 1 rings (SSSR count). The van der Waals surface area contributed by atoms with Crippen LogP contribution in [0, 0.1) is 0 Å². The topological polar surface area (TPSA) is 80.9 Å². The maximum Gasteiger partial charge on any atom is 0.112 e. The van der Waals surface area contributed by atoms with Crippen molar-refractivity contribution in [2.24, 2.45) is 0 Å². The lowest BCUT2D eigenvalue weighted by atomic mass is 9.97. The summed E-state index contributed by atoms with van der Waals surface area (Å²) in [5.41, 5.74) is 0. The first kappa shape index (κ1) is 7.68. The van der Waals surface area contributed by atoms with Crippen LogP contribution in [-0.4, -0.2) is 44.8 Å². The molecule has 1 aliphatic carbocycles. The molecule has 0 aromatic carbocycles. The van der Waals surface area contributed by atoms with Gasteiger partial charge in [-0.3, -0.25) is 0 Å². The highest BCUT2D eigenvalue weighted by Crippen LogP contribution is 2.12. The molecule has 0 aromatic heterocycles. The van der Waals surface area contributed by atoms with Gasteiger partial charge in [-0.05, 0) is 0 Å². The standard InChI is InChI=1S/C6H10O4/c7-3-1-2-4(8)6(10)5(3)9/h1-10H/t3?,4?,5-,6?/m1/s1. The van der Waals surface area contributed by atoms with E-state index in [-0.39, 0.29) is 0 Å². The van der Waals surface area contributed by atoms with Crippen molar-refractivity contribution in [3.63, 3.8) is 0 Å². The second-order valence-corrected chi connectivity index (χ2v) is 2.35. The molecule has 0 saturated carbocycles. The molecule has 0 saturated heterocycles. The molecule has 0 radical (unpaired) electrons. The predicted octanol–water partition coefficient (Wildman–Crippen LogP) is -2.00. The number of hydrogen-bond donors (Lipinski definition) is 4. The van der Waals surface area contributed by atoms with E-state index in [1.807, 2.05) is 0 Å². The molecule has 4 N–H and O–H groups in total. The van der Waals surface area contributed by atoms with E-state index < -0.39 is 24.4 Å². The molecular weight excluding hydrogens is 136 g/mol. The Labute approximate surface area is 58.0 Å². The van der Waals surface area contributed by atoms with Gasteiger partial charge in [-0.25, -0.2) is 0 Å². The molecule has 4 heteroatoms. The van der Waals surface area contributed by atoms with E-state index in [1.165, 1.54) is 12.2 Å². The Balaban J connectivity index is 2.69. The van der Waals surface area contributed by atoms with Gasteiger partial charge in [-0.2, -0.15) is 0 Å². The van der Waals surface area contributed by atoms with Crippen molar-refractivity contribution >= 4 is 0 Å². The minimum absolute atomic E-state index is 1.07. The summed E-state index contributed by atoms with van der Waals surface area (Å²) in [7, 11) is 0. The van der Waals surface area contributed by atoms with Gasteiger partial charge in [0.15, 0.2) is 0 Å². The van der Waals surface area contributed by atoms with Gasteiger partial charge in [-0.1, -0.05) is 12.2 Å². The average Bonchev–Trinajstić information content (AvgIpc) is 1.93. The molecule has 0 fully saturated rings. The van der Waals surface area contributed by atoms with Crippen LogP contribution in [0.4, 0.5) is 0 Å². The first-order chi connectivity index (χ1) is 4.63. The fourth-order valence-electron chi connectivity index (χ4n) is 0.859. The van der Waals surface area contributed by atoms with E-state index in [2.05, 4.69) is 0 Å². The first-order valence-electron chi connectivity index (χ1n) is 3.03. The fraction of sp³-hybridized carbons (Fsp3) is 0.667. The molecule has 3 unspecified atom stereocenters. The molecule has 0 amide bonds. The lowest BCUT2D eigenvalue weighted by Crippen LogP contribution is -2.46. The summed E-state index contributed by atoms with van der Waals surface area (Å²) >= 11 is 0. The Morgan fingerprint density at radius 3 is 1.30 bits per heavy atom. The highest BCUT2D eigenvalue weighted by molar-refractivity contribution is 5.07. The van der Waals surface area contributed by atoms with Crippen molar-refractivity contribution in [3.8, 4) is 0 Å². The number of aliphatic hydroxyl groups is 4. The maximum absolute atomic E-state index is 8.91. The predicted molar refractivity (Wildman–Crippen MR) is 33.2 cm³/mol. The van der Waals surface area contributed by atoms with Crippen molar-refractivity contribution in [1.82, 2.24) is 0 Å². The zero-order chi connectivity index (χ0) is 7.72. The van der Waals surface area contributed by atoms with Crippen LogP contribution in [-0.2, 0) is 0 Å². The Morgan fingerprint density at radius 1 is 0.700 bits per heavy atom. The summed E-state index contributed by atoms with van der Waals surface area (Å²) in [6.07, 6.45) is -2.19. The van der Waals surface area contributed by atoms with Crippen LogP contribution in [0.25, 0.3) is 0 Å². The fourth-order valence-corrected chi connectivity index (χ4v) is 0.859. The first-order valence-corrected chi connectivity index (χ1v) is 3.03. The van der Waals surface area contributed by atoms with Crippen molar-refractivity contribution < 1.29 is 20.4 Å². The number of aliphatic hydroxyl groups excluding tert-OH is 4. The Morgan fingerprint density at radius 2 is 1.00 bits per heavy atom. The third kappa shape index (κ3) is 1.19. The van der Waals surface area contributed by atoms with Crippen LogP contribution in [0.1, 0.15) is 0 Å². The van der Waals surface area contributed by atoms with Gasteiger partial charge in [0.05, 0.1) is 0 Å². The zero-order valence-electron chi connectivity index (χ0n) is 5.25. The van der Waals surface area contributed by atoms with Crippen molar-refractivity contribution in [2.45, 2.75) is 24.4 Å². The summed E-state index contributed by atoms with van der Waals surface area (Å²) in [6.45, 7) is 0. The maximum atomic E-state index is 8.91. The average molecular weight is 146 g/mol. The smallest absolute Gasteiger partial charge is 0.112 e. The molecule has 0 heterocycles. The molecule has 0 aromatic rings. The largest absolute Gasteiger partial charge is 0.387 e. The van der Waals surface area contributed by atoms with Crippen molar-refractivity contribution in [2.75, 3.05) is 0 Å². The number of hydrogen-bond acceptors (Lipinski definition) is 4. The molecule has 0 aliphatic heterocycles. The quantitative estimate of drug-likeness (QED) is 0.298. The van der Waals surface area contributed by atoms with E-state index in [1.54, 1.807) is 0 Å². The molecule has 4 atom stereocenters. The zero-order valence-corrected chi connectivity index (χ0v) is 5.25. The highest BCUT2D eigenvalue weighted by atomic mass is 16.4. The van der Waals surface area contributed by atoms with E-state index in [9.17, 15) is 0 Å². The molecule has 0 spiro atoms. The lowest BCUT2D eigenvalue weighted by molar-refractivity contribution is -0.0884. The highest BCUT2D eigenvalue weighted by Gasteiger charge is 2.31.